The van der Waals surface area contributed by atoms with Gasteiger partial charge in [-0.3, -0.25) is 0 Å². The van der Waals surface area contributed by atoms with Crippen molar-refractivity contribution < 1.29 is 14.6 Å². The van der Waals surface area contributed by atoms with Gasteiger partial charge in [0.25, 0.3) is 0 Å². The van der Waals surface area contributed by atoms with E-state index in [1.807, 2.05) is 0 Å². The molecule has 1 N–H and O–H groups in total. The van der Waals surface area contributed by atoms with Crippen LogP contribution in [0.25, 0.3) is 0 Å². The van der Waals surface area contributed by atoms with Crippen molar-refractivity contribution in [2.45, 2.75) is 18.1 Å². The highest BCUT2D eigenvalue weighted by Crippen LogP contribution is 2.32. The largest absolute Gasteiger partial charge is 0.391 e. The molecule has 1 atom stereocenters. The molecule has 3 nitrogen and oxygen atoms in total. The summed E-state index contributed by atoms with van der Waals surface area (Å²) in [4.78, 5) is 0. The van der Waals surface area contributed by atoms with Crippen molar-refractivity contribution in [3.8, 4) is 0 Å². The maximum Gasteiger partial charge on any atom is 0.117 e. The standard InChI is InChI=1S/C6H10O3/c7-5-1-6(9-2-5)3-8-4-6/h5,7H,1-4H2. The third-order valence-electron chi connectivity index (χ3n) is 1.92. The maximum absolute atomic E-state index is 9.05. The van der Waals surface area contributed by atoms with Crippen molar-refractivity contribution in [2.75, 3.05) is 19.8 Å². The molecule has 9 heavy (non-hydrogen) atoms. The van der Waals surface area contributed by atoms with Crippen molar-refractivity contribution in [1.82, 2.24) is 0 Å². The second-order valence-electron chi connectivity index (χ2n) is 2.84. The molecule has 1 unspecified atom stereocenters. The Morgan fingerprint density at radius 3 is 2.44 bits per heavy atom. The summed E-state index contributed by atoms with van der Waals surface area (Å²) >= 11 is 0. The number of ether oxygens (including phenoxy) is 2. The molecule has 0 saturated carbocycles. The molecule has 0 aliphatic carbocycles. The molecule has 2 saturated heterocycles. The highest BCUT2D eigenvalue weighted by molar-refractivity contribution is 4.94. The topological polar surface area (TPSA) is 38.7 Å². The van der Waals surface area contributed by atoms with Crippen LogP contribution >= 0.6 is 0 Å². The molecule has 2 fully saturated rings. The first-order valence-corrected chi connectivity index (χ1v) is 3.21. The van der Waals surface area contributed by atoms with E-state index in [4.69, 9.17) is 14.6 Å². The molecule has 0 radical (unpaired) electrons. The second kappa shape index (κ2) is 1.68. The van der Waals surface area contributed by atoms with Gasteiger partial charge >= 0.3 is 0 Å². The van der Waals surface area contributed by atoms with Crippen molar-refractivity contribution in [1.29, 1.82) is 0 Å². The SMILES string of the molecule is OC1COC2(COC2)C1. The summed E-state index contributed by atoms with van der Waals surface area (Å²) in [7, 11) is 0. The fourth-order valence-electron chi connectivity index (χ4n) is 1.35. The van der Waals surface area contributed by atoms with Gasteiger partial charge in [-0.15, -0.1) is 0 Å². The molecule has 0 aromatic rings. The van der Waals surface area contributed by atoms with Crippen LogP contribution in [0.4, 0.5) is 0 Å². The van der Waals surface area contributed by atoms with Gasteiger partial charge in [0.2, 0.25) is 0 Å². The van der Waals surface area contributed by atoms with E-state index in [0.29, 0.717) is 19.8 Å². The first-order chi connectivity index (χ1) is 4.31. The van der Waals surface area contributed by atoms with Gasteiger partial charge in [-0.05, 0) is 0 Å². The summed E-state index contributed by atoms with van der Waals surface area (Å²) < 4.78 is 10.3. The van der Waals surface area contributed by atoms with E-state index in [9.17, 15) is 0 Å². The zero-order valence-corrected chi connectivity index (χ0v) is 5.17. The van der Waals surface area contributed by atoms with E-state index in [2.05, 4.69) is 0 Å². The Labute approximate surface area is 53.6 Å². The molecule has 2 aliphatic heterocycles. The van der Waals surface area contributed by atoms with Gasteiger partial charge in [0.1, 0.15) is 5.60 Å². The average molecular weight is 130 g/mol. The summed E-state index contributed by atoms with van der Waals surface area (Å²) in [6.45, 7) is 1.83. The third kappa shape index (κ3) is 0.764. The van der Waals surface area contributed by atoms with Crippen LogP contribution in [0.3, 0.4) is 0 Å². The Balaban J connectivity index is 1.99. The van der Waals surface area contributed by atoms with E-state index < -0.39 is 0 Å². The van der Waals surface area contributed by atoms with Crippen LogP contribution in [0.2, 0.25) is 0 Å². The van der Waals surface area contributed by atoms with Crippen LogP contribution in [0.5, 0.6) is 0 Å². The molecule has 0 bridgehead atoms. The maximum atomic E-state index is 9.05. The third-order valence-corrected chi connectivity index (χ3v) is 1.92. The van der Waals surface area contributed by atoms with Crippen molar-refractivity contribution in [2.24, 2.45) is 0 Å². The van der Waals surface area contributed by atoms with Crippen LogP contribution in [0.15, 0.2) is 0 Å². The van der Waals surface area contributed by atoms with E-state index >= 15 is 0 Å². The lowest BCUT2D eigenvalue weighted by atomic mass is 9.98. The monoisotopic (exact) mass is 130 g/mol. The molecule has 2 heterocycles. The van der Waals surface area contributed by atoms with Crippen LogP contribution in [-0.2, 0) is 9.47 Å². The molecule has 3 heteroatoms. The van der Waals surface area contributed by atoms with Gasteiger partial charge in [0.15, 0.2) is 0 Å². The predicted octanol–water partition coefficient (Wildman–Crippen LogP) is -0.463. The second-order valence-corrected chi connectivity index (χ2v) is 2.84. The van der Waals surface area contributed by atoms with Gasteiger partial charge in [0, 0.05) is 6.42 Å². The minimum absolute atomic E-state index is 0.0839. The number of hydrogen-bond donors (Lipinski definition) is 1. The minimum atomic E-state index is -0.256. The van der Waals surface area contributed by atoms with Crippen LogP contribution < -0.4 is 0 Å². The molecule has 1 spiro atoms. The van der Waals surface area contributed by atoms with Crippen LogP contribution in [0.1, 0.15) is 6.42 Å². The molecular weight excluding hydrogens is 120 g/mol. The van der Waals surface area contributed by atoms with E-state index in [-0.39, 0.29) is 11.7 Å². The van der Waals surface area contributed by atoms with Crippen LogP contribution in [-0.4, -0.2) is 36.6 Å². The summed E-state index contributed by atoms with van der Waals surface area (Å²) in [5.74, 6) is 0. The quantitative estimate of drug-likeness (QED) is 0.482. The summed E-state index contributed by atoms with van der Waals surface area (Å²) in [5, 5.41) is 9.05. The molecule has 0 aromatic carbocycles. The number of rotatable bonds is 0. The summed E-state index contributed by atoms with van der Waals surface area (Å²) in [6.07, 6.45) is 0.501. The zero-order chi connectivity index (χ0) is 6.32. The Bertz CT molecular complexity index is 119. The highest BCUT2D eigenvalue weighted by atomic mass is 16.6. The first-order valence-electron chi connectivity index (χ1n) is 3.21. The fourth-order valence-corrected chi connectivity index (χ4v) is 1.35. The molecule has 2 rings (SSSR count). The molecular formula is C6H10O3. The lowest BCUT2D eigenvalue weighted by molar-refractivity contribution is -0.184. The lowest BCUT2D eigenvalue weighted by Crippen LogP contribution is -2.49. The highest BCUT2D eigenvalue weighted by Gasteiger charge is 2.46. The Morgan fingerprint density at radius 2 is 2.22 bits per heavy atom. The Kier molecular flexibility index (Phi) is 1.06. The normalized spacial score (nSPS) is 39.0. The van der Waals surface area contributed by atoms with E-state index in [1.165, 1.54) is 0 Å². The molecule has 2 aliphatic rings. The average Bonchev–Trinajstić information content (AvgIpc) is 2.09. The molecule has 52 valence electrons. The van der Waals surface area contributed by atoms with Gasteiger partial charge in [-0.25, -0.2) is 0 Å². The number of aliphatic hydroxyl groups excluding tert-OH is 1. The number of aliphatic hydroxyl groups is 1. The van der Waals surface area contributed by atoms with Gasteiger partial charge < -0.3 is 14.6 Å². The van der Waals surface area contributed by atoms with Crippen LogP contribution in [0, 0.1) is 0 Å². The van der Waals surface area contributed by atoms with Crippen molar-refractivity contribution in [3.63, 3.8) is 0 Å². The van der Waals surface area contributed by atoms with Gasteiger partial charge in [-0.1, -0.05) is 0 Å². The predicted molar refractivity (Wildman–Crippen MR) is 30.1 cm³/mol. The molecule has 0 aromatic heterocycles. The van der Waals surface area contributed by atoms with Crippen molar-refractivity contribution >= 4 is 0 Å². The summed E-state index contributed by atoms with van der Waals surface area (Å²) in [5.41, 5.74) is -0.0839. The van der Waals surface area contributed by atoms with E-state index in [1.54, 1.807) is 0 Å². The van der Waals surface area contributed by atoms with Gasteiger partial charge in [0.05, 0.1) is 25.9 Å². The number of hydrogen-bond acceptors (Lipinski definition) is 3. The smallest absolute Gasteiger partial charge is 0.117 e. The Morgan fingerprint density at radius 1 is 1.44 bits per heavy atom. The lowest BCUT2D eigenvalue weighted by Gasteiger charge is -2.36. The van der Waals surface area contributed by atoms with E-state index in [0.717, 1.165) is 6.42 Å². The first kappa shape index (κ1) is 5.65. The summed E-state index contributed by atoms with van der Waals surface area (Å²) in [6, 6.07) is 0. The van der Waals surface area contributed by atoms with Gasteiger partial charge in [-0.2, -0.15) is 0 Å². The van der Waals surface area contributed by atoms with Crippen molar-refractivity contribution in [3.05, 3.63) is 0 Å². The minimum Gasteiger partial charge on any atom is -0.391 e. The molecule has 0 amide bonds. The fraction of sp³-hybridized carbons (Fsp3) is 1.00. The zero-order valence-electron chi connectivity index (χ0n) is 5.17. The Hall–Kier alpha value is -0.120.